The predicted molar refractivity (Wildman–Crippen MR) is 191 cm³/mol. The molecule has 260 valence electrons. The lowest BCUT2D eigenvalue weighted by Crippen LogP contribution is -2.34. The van der Waals surface area contributed by atoms with Crippen molar-refractivity contribution in [3.05, 3.63) is 100 Å². The first kappa shape index (κ1) is 35.6. The van der Waals surface area contributed by atoms with Crippen LogP contribution in [0.15, 0.2) is 72.9 Å². The smallest absolute Gasteiger partial charge is 0.300 e. The van der Waals surface area contributed by atoms with Gasteiger partial charge < -0.3 is 35.3 Å². The van der Waals surface area contributed by atoms with Crippen LogP contribution in [0.25, 0.3) is 16.6 Å². The number of anilines is 1. The summed E-state index contributed by atoms with van der Waals surface area (Å²) in [4.78, 5) is 56.9. The van der Waals surface area contributed by atoms with E-state index < -0.39 is 5.97 Å². The van der Waals surface area contributed by atoms with Crippen molar-refractivity contribution < 1.29 is 29.0 Å². The summed E-state index contributed by atoms with van der Waals surface area (Å²) in [5.41, 5.74) is 9.11. The summed E-state index contributed by atoms with van der Waals surface area (Å²) in [5, 5.41) is 12.8. The molecule has 50 heavy (non-hydrogen) atoms. The highest BCUT2D eigenvalue weighted by Gasteiger charge is 2.28. The fraction of sp³-hybridized carbons (Fsp3) is 0.250. The second-order valence-corrected chi connectivity index (χ2v) is 12.7. The fourth-order valence-corrected chi connectivity index (χ4v) is 5.86. The molecule has 0 spiro atoms. The van der Waals surface area contributed by atoms with Crippen molar-refractivity contribution in [2.24, 2.45) is 0 Å². The molecule has 14 heteroatoms. The number of hydrogen-bond acceptors (Lipinski definition) is 8. The molecule has 0 bridgehead atoms. The van der Waals surface area contributed by atoms with Crippen molar-refractivity contribution in [2.45, 2.75) is 19.4 Å². The lowest BCUT2D eigenvalue weighted by molar-refractivity contribution is -0.134. The number of rotatable bonds is 8. The van der Waals surface area contributed by atoms with Gasteiger partial charge in [0.1, 0.15) is 17.3 Å². The Morgan fingerprint density at radius 2 is 1.72 bits per heavy atom. The molecule has 3 aromatic carbocycles. The standard InChI is InChI=1S/C34H34ClN7O4.C2H4O2/c1-39(2)22-13-14-41(19-22)33(44)20-9-11-27-21(15-20)16-28(38-27)31(43)25-18-37-42(32(25)36)29-12-10-23(17-26(29)35)46-30-8-6-5-7-24(30)34(45)40(3)4;1-2(3)4/h5-12,15-18,22,38H,13-14,19,36H2,1-4H3;1H3,(H,3,4). The molecule has 1 fully saturated rings. The number of ether oxygens (including phenoxy) is 1. The molecule has 0 aliphatic carbocycles. The lowest BCUT2D eigenvalue weighted by Gasteiger charge is -2.20. The van der Waals surface area contributed by atoms with Gasteiger partial charge in [-0.1, -0.05) is 23.7 Å². The van der Waals surface area contributed by atoms with Crippen molar-refractivity contribution in [1.29, 1.82) is 0 Å². The van der Waals surface area contributed by atoms with Gasteiger partial charge in [0.15, 0.2) is 0 Å². The molecule has 1 aliphatic heterocycles. The topological polar surface area (TPSA) is 167 Å². The molecule has 0 saturated carbocycles. The van der Waals surface area contributed by atoms with Gasteiger partial charge in [-0.2, -0.15) is 5.10 Å². The van der Waals surface area contributed by atoms with Crippen molar-refractivity contribution in [1.82, 2.24) is 29.5 Å². The number of H-pyrrole nitrogens is 1. The first-order valence-corrected chi connectivity index (χ1v) is 16.1. The molecular formula is C36H38ClN7O6. The molecule has 1 aliphatic rings. The van der Waals surface area contributed by atoms with Gasteiger partial charge in [0, 0.05) is 62.7 Å². The van der Waals surface area contributed by atoms with Crippen LogP contribution in [0.4, 0.5) is 5.82 Å². The van der Waals surface area contributed by atoms with Crippen LogP contribution in [0.1, 0.15) is 50.1 Å². The second-order valence-electron chi connectivity index (χ2n) is 12.3. The number of carboxylic acid groups (broad SMARTS) is 1. The lowest BCUT2D eigenvalue weighted by atomic mass is 10.1. The zero-order valence-electron chi connectivity index (χ0n) is 28.3. The number of aromatic nitrogens is 3. The highest BCUT2D eigenvalue weighted by molar-refractivity contribution is 6.32. The van der Waals surface area contributed by atoms with E-state index in [2.05, 4.69) is 15.0 Å². The van der Waals surface area contributed by atoms with Crippen molar-refractivity contribution in [2.75, 3.05) is 47.0 Å². The number of para-hydroxylation sites is 1. The molecule has 0 radical (unpaired) electrons. The number of benzene rings is 3. The summed E-state index contributed by atoms with van der Waals surface area (Å²) < 4.78 is 7.39. The van der Waals surface area contributed by atoms with Gasteiger partial charge >= 0.3 is 0 Å². The van der Waals surface area contributed by atoms with E-state index in [9.17, 15) is 14.4 Å². The second kappa shape index (κ2) is 14.8. The number of ketones is 1. The van der Waals surface area contributed by atoms with Crippen LogP contribution in [0.5, 0.6) is 11.5 Å². The first-order valence-electron chi connectivity index (χ1n) is 15.7. The van der Waals surface area contributed by atoms with Gasteiger partial charge in [-0.25, -0.2) is 4.68 Å². The summed E-state index contributed by atoms with van der Waals surface area (Å²) in [6.07, 6.45) is 2.34. The van der Waals surface area contributed by atoms with Crippen LogP contribution in [0.3, 0.4) is 0 Å². The third kappa shape index (κ3) is 7.64. The molecule has 4 N–H and O–H groups in total. The molecule has 1 saturated heterocycles. The van der Waals surface area contributed by atoms with Gasteiger partial charge in [0.2, 0.25) is 5.78 Å². The monoisotopic (exact) mass is 699 g/mol. The first-order chi connectivity index (χ1) is 23.7. The maximum atomic E-state index is 13.6. The fourth-order valence-electron chi connectivity index (χ4n) is 5.61. The van der Waals surface area contributed by atoms with Crippen LogP contribution in [-0.2, 0) is 4.79 Å². The van der Waals surface area contributed by atoms with Crippen molar-refractivity contribution >= 4 is 51.9 Å². The number of nitrogens with one attached hydrogen (secondary N) is 1. The number of nitrogens with two attached hydrogens (primary N) is 1. The number of likely N-dealkylation sites (N-methyl/N-ethyl adjacent to an activating group) is 1. The minimum absolute atomic E-state index is 0.0228. The van der Waals surface area contributed by atoms with Crippen LogP contribution in [0, 0.1) is 0 Å². The zero-order valence-corrected chi connectivity index (χ0v) is 29.1. The Labute approximate surface area is 293 Å². The molecule has 1 unspecified atom stereocenters. The Bertz CT molecular complexity index is 2080. The van der Waals surface area contributed by atoms with Crippen LogP contribution in [-0.4, -0.2) is 105 Å². The zero-order chi connectivity index (χ0) is 36.3. The molecule has 1 atom stereocenters. The van der Waals surface area contributed by atoms with E-state index in [-0.39, 0.29) is 34.0 Å². The Kier molecular flexibility index (Phi) is 10.6. The number of nitrogens with zero attached hydrogens (tertiary/aromatic N) is 5. The largest absolute Gasteiger partial charge is 0.481 e. The number of amides is 2. The maximum absolute atomic E-state index is 13.6. The van der Waals surface area contributed by atoms with E-state index in [0.29, 0.717) is 53.1 Å². The maximum Gasteiger partial charge on any atom is 0.300 e. The number of likely N-dealkylation sites (tertiary alicyclic amines) is 1. The van der Waals surface area contributed by atoms with Crippen molar-refractivity contribution in [3.8, 4) is 17.2 Å². The van der Waals surface area contributed by atoms with Gasteiger partial charge in [0.25, 0.3) is 17.8 Å². The van der Waals surface area contributed by atoms with E-state index >= 15 is 0 Å². The van der Waals surface area contributed by atoms with Crippen LogP contribution < -0.4 is 10.5 Å². The van der Waals surface area contributed by atoms with Gasteiger partial charge in [-0.05, 0) is 69.0 Å². The van der Waals surface area contributed by atoms with E-state index in [1.54, 1.807) is 74.8 Å². The Morgan fingerprint density at radius 3 is 2.38 bits per heavy atom. The molecular weight excluding hydrogens is 662 g/mol. The summed E-state index contributed by atoms with van der Waals surface area (Å²) in [5.74, 6) is -0.483. The average molecular weight is 700 g/mol. The predicted octanol–water partition coefficient (Wildman–Crippen LogP) is 5.18. The highest BCUT2D eigenvalue weighted by Crippen LogP contribution is 2.33. The number of nitrogen functional groups attached to an aromatic ring is 1. The summed E-state index contributed by atoms with van der Waals surface area (Å²) in [6.45, 7) is 2.49. The number of fused-ring (bicyclic) bond motifs is 1. The number of aromatic amines is 1. The van der Waals surface area contributed by atoms with Gasteiger partial charge in [-0.15, -0.1) is 0 Å². The van der Waals surface area contributed by atoms with E-state index in [0.717, 1.165) is 24.2 Å². The Balaban J connectivity index is 0.00000115. The molecule has 13 nitrogen and oxygen atoms in total. The van der Waals surface area contributed by atoms with E-state index in [4.69, 9.17) is 32.0 Å². The number of carbonyl (C=O) groups excluding carboxylic acids is 3. The van der Waals surface area contributed by atoms with Crippen LogP contribution in [0.2, 0.25) is 5.02 Å². The minimum Gasteiger partial charge on any atom is -0.481 e. The third-order valence-electron chi connectivity index (χ3n) is 8.24. The Morgan fingerprint density at radius 1 is 1.00 bits per heavy atom. The van der Waals surface area contributed by atoms with E-state index in [1.807, 2.05) is 25.1 Å². The molecule has 2 amide bonds. The third-order valence-corrected chi connectivity index (χ3v) is 8.55. The normalized spacial score (nSPS) is 14.0. The van der Waals surface area contributed by atoms with E-state index in [1.165, 1.54) is 15.8 Å². The molecule has 6 rings (SSSR count). The van der Waals surface area contributed by atoms with Crippen LogP contribution >= 0.6 is 11.6 Å². The minimum atomic E-state index is -0.833. The highest BCUT2D eigenvalue weighted by atomic mass is 35.5. The van der Waals surface area contributed by atoms with Gasteiger partial charge in [-0.3, -0.25) is 19.2 Å². The molecule has 2 aromatic heterocycles. The summed E-state index contributed by atoms with van der Waals surface area (Å²) in [6, 6.07) is 19.3. The molecule has 3 heterocycles. The SMILES string of the molecule is CC(=O)O.CN(C)C(=O)c1ccccc1Oc1ccc(-n2ncc(C(=O)c3cc4cc(C(=O)N5CCC(N(C)C)C5)ccc4[nH]3)c2N)c(Cl)c1. The number of aliphatic carboxylic acids is 1. The van der Waals surface area contributed by atoms with Gasteiger partial charge in [0.05, 0.1) is 33.7 Å². The quantitative estimate of drug-likeness (QED) is 0.185. The number of hydrogen-bond donors (Lipinski definition) is 3. The molecule has 5 aromatic rings. The number of carboxylic acids is 1. The average Bonchev–Trinajstić information content (AvgIpc) is 3.82. The Hall–Kier alpha value is -5.66. The van der Waals surface area contributed by atoms with Crippen molar-refractivity contribution in [3.63, 3.8) is 0 Å². The number of halogens is 1. The summed E-state index contributed by atoms with van der Waals surface area (Å²) in [7, 11) is 7.40. The summed E-state index contributed by atoms with van der Waals surface area (Å²) >= 11 is 6.63. The number of carbonyl (C=O) groups is 4.